The zero-order valence-electron chi connectivity index (χ0n) is 20.4. The second-order valence-corrected chi connectivity index (χ2v) is 10.7. The van der Waals surface area contributed by atoms with Gasteiger partial charge in [0.2, 0.25) is 5.91 Å². The van der Waals surface area contributed by atoms with Crippen LogP contribution in [0.4, 0.5) is 27.6 Å². The molecule has 0 spiro atoms. The van der Waals surface area contributed by atoms with E-state index >= 15 is 0 Å². The molecule has 0 saturated heterocycles. The Morgan fingerprint density at radius 3 is 2.48 bits per heavy atom. The summed E-state index contributed by atoms with van der Waals surface area (Å²) >= 11 is 0. The van der Waals surface area contributed by atoms with E-state index in [4.69, 9.17) is 9.84 Å². The fourth-order valence-electron chi connectivity index (χ4n) is 4.10. The third-order valence-electron chi connectivity index (χ3n) is 6.03. The van der Waals surface area contributed by atoms with Crippen molar-refractivity contribution in [1.29, 1.82) is 0 Å². The Labute approximate surface area is 225 Å². The smallest absolute Gasteiger partial charge is 0.416 e. The predicted octanol–water partition coefficient (Wildman–Crippen LogP) is 4.59. The summed E-state index contributed by atoms with van der Waals surface area (Å²) in [4.78, 5) is 22.0. The standard InChI is InChI=1S/C26H21F5N2O6S/c27-20-6-2-5-19(25(20)28)15-7-9-22-21(11-15)33(14-17(39-22)8-10-23(34)32-13-24(35)36)40(37,38)18-4-1-3-16(12-18)26(29,30)31/h1-7,9,11-12,17H,8,10,13-14H2,(H,32,34)(H,35,36). The average Bonchev–Trinajstić information content (AvgIpc) is 2.91. The number of hydrogen-bond donors (Lipinski definition) is 2. The van der Waals surface area contributed by atoms with E-state index in [0.717, 1.165) is 28.6 Å². The van der Waals surface area contributed by atoms with E-state index < -0.39 is 69.4 Å². The molecule has 1 atom stereocenters. The summed E-state index contributed by atoms with van der Waals surface area (Å²) in [6.45, 7) is -1.06. The van der Waals surface area contributed by atoms with Crippen LogP contribution >= 0.6 is 0 Å². The number of rotatable bonds is 8. The van der Waals surface area contributed by atoms with Gasteiger partial charge >= 0.3 is 12.1 Å². The molecule has 1 amide bonds. The van der Waals surface area contributed by atoms with Crippen molar-refractivity contribution >= 4 is 27.6 Å². The van der Waals surface area contributed by atoms with Crippen molar-refractivity contribution in [3.8, 4) is 16.9 Å². The Kier molecular flexibility index (Phi) is 8.00. The van der Waals surface area contributed by atoms with Crippen molar-refractivity contribution in [2.75, 3.05) is 17.4 Å². The van der Waals surface area contributed by atoms with Crippen LogP contribution in [0.15, 0.2) is 65.6 Å². The number of fused-ring (bicyclic) bond motifs is 1. The number of anilines is 1. The van der Waals surface area contributed by atoms with Gasteiger partial charge in [0.15, 0.2) is 11.6 Å². The van der Waals surface area contributed by atoms with Crippen LogP contribution in [0.1, 0.15) is 18.4 Å². The molecule has 2 N–H and O–H groups in total. The van der Waals surface area contributed by atoms with Gasteiger partial charge in [-0.05, 0) is 48.4 Å². The van der Waals surface area contributed by atoms with E-state index in [-0.39, 0.29) is 35.4 Å². The number of amides is 1. The number of carboxylic acid groups (broad SMARTS) is 1. The Bertz CT molecular complexity index is 1560. The largest absolute Gasteiger partial charge is 0.486 e. The molecule has 0 aliphatic carbocycles. The lowest BCUT2D eigenvalue weighted by Gasteiger charge is -2.36. The molecule has 1 unspecified atom stereocenters. The van der Waals surface area contributed by atoms with Crippen LogP contribution < -0.4 is 14.4 Å². The Morgan fingerprint density at radius 1 is 1.05 bits per heavy atom. The molecule has 14 heteroatoms. The summed E-state index contributed by atoms with van der Waals surface area (Å²) in [5, 5.41) is 10.9. The molecule has 0 bridgehead atoms. The van der Waals surface area contributed by atoms with Crippen molar-refractivity contribution in [1.82, 2.24) is 5.32 Å². The van der Waals surface area contributed by atoms with Crippen molar-refractivity contribution in [2.24, 2.45) is 0 Å². The highest BCUT2D eigenvalue weighted by molar-refractivity contribution is 7.92. The first-order chi connectivity index (χ1) is 18.8. The second kappa shape index (κ2) is 11.1. The van der Waals surface area contributed by atoms with E-state index in [1.165, 1.54) is 30.3 Å². The lowest BCUT2D eigenvalue weighted by molar-refractivity contribution is -0.138. The number of hydrogen-bond acceptors (Lipinski definition) is 5. The molecular formula is C26H21F5N2O6S. The van der Waals surface area contributed by atoms with Crippen LogP contribution in [0.3, 0.4) is 0 Å². The highest BCUT2D eigenvalue weighted by Gasteiger charge is 2.37. The fraction of sp³-hybridized carbons (Fsp3) is 0.231. The van der Waals surface area contributed by atoms with Gasteiger partial charge < -0.3 is 15.2 Å². The lowest BCUT2D eigenvalue weighted by Crippen LogP contribution is -2.44. The number of nitrogens with one attached hydrogen (secondary N) is 1. The molecule has 8 nitrogen and oxygen atoms in total. The number of ether oxygens (including phenoxy) is 1. The SMILES string of the molecule is O=C(O)CNC(=O)CCC1CN(S(=O)(=O)c2cccc(C(F)(F)F)c2)c2cc(-c3cccc(F)c3F)ccc2O1. The zero-order valence-corrected chi connectivity index (χ0v) is 21.2. The molecule has 3 aromatic carbocycles. The molecule has 4 rings (SSSR count). The average molecular weight is 585 g/mol. The minimum atomic E-state index is -4.82. The first-order valence-corrected chi connectivity index (χ1v) is 13.1. The number of nitrogens with zero attached hydrogens (tertiary/aromatic N) is 1. The van der Waals surface area contributed by atoms with Gasteiger partial charge in [-0.1, -0.05) is 24.3 Å². The van der Waals surface area contributed by atoms with Crippen molar-refractivity contribution in [3.63, 3.8) is 0 Å². The first kappa shape index (κ1) is 28.8. The molecule has 0 radical (unpaired) electrons. The molecule has 3 aromatic rings. The maximum atomic E-state index is 14.5. The molecule has 40 heavy (non-hydrogen) atoms. The molecule has 212 valence electrons. The van der Waals surface area contributed by atoms with Crippen molar-refractivity contribution < 1.29 is 49.8 Å². The summed E-state index contributed by atoms with van der Waals surface area (Å²) in [5.74, 6) is -4.25. The van der Waals surface area contributed by atoms with Crippen LogP contribution in [0.2, 0.25) is 0 Å². The third kappa shape index (κ3) is 6.17. The number of sulfonamides is 1. The summed E-state index contributed by atoms with van der Waals surface area (Å²) in [6, 6.07) is 10.4. The minimum absolute atomic E-state index is 0.0293. The second-order valence-electron chi connectivity index (χ2n) is 8.79. The normalized spacial score (nSPS) is 15.2. The van der Waals surface area contributed by atoms with Gasteiger partial charge in [0.25, 0.3) is 10.0 Å². The van der Waals surface area contributed by atoms with Gasteiger partial charge in [-0.25, -0.2) is 17.2 Å². The lowest BCUT2D eigenvalue weighted by atomic mass is 10.0. The molecule has 0 saturated carbocycles. The van der Waals surface area contributed by atoms with E-state index in [1.54, 1.807) is 0 Å². The third-order valence-corrected chi connectivity index (χ3v) is 7.81. The number of carbonyl (C=O) groups is 2. The highest BCUT2D eigenvalue weighted by atomic mass is 32.2. The van der Waals surface area contributed by atoms with Crippen LogP contribution in [0.5, 0.6) is 5.75 Å². The number of carbonyl (C=O) groups excluding carboxylic acids is 1. The number of aliphatic carboxylic acids is 1. The molecule has 1 heterocycles. The van der Waals surface area contributed by atoms with E-state index in [0.29, 0.717) is 6.07 Å². The van der Waals surface area contributed by atoms with Gasteiger partial charge in [0, 0.05) is 12.0 Å². The maximum absolute atomic E-state index is 14.5. The predicted molar refractivity (Wildman–Crippen MR) is 132 cm³/mol. The molecular weight excluding hydrogens is 563 g/mol. The fourth-order valence-corrected chi connectivity index (χ4v) is 5.64. The quantitative estimate of drug-likeness (QED) is 0.375. The Morgan fingerprint density at radius 2 is 1.77 bits per heavy atom. The Hall–Kier alpha value is -4.20. The van der Waals surface area contributed by atoms with Crippen LogP contribution in [-0.4, -0.2) is 44.6 Å². The summed E-state index contributed by atoms with van der Waals surface area (Å²) in [7, 11) is -4.66. The molecule has 0 aromatic heterocycles. The van der Waals surface area contributed by atoms with Crippen molar-refractivity contribution in [3.05, 3.63) is 77.9 Å². The zero-order chi connectivity index (χ0) is 29.2. The molecule has 0 fully saturated rings. The van der Waals surface area contributed by atoms with Gasteiger partial charge in [-0.2, -0.15) is 13.2 Å². The minimum Gasteiger partial charge on any atom is -0.486 e. The summed E-state index contributed by atoms with van der Waals surface area (Å²) in [6.07, 6.45) is -6.08. The number of alkyl halides is 3. The van der Waals surface area contributed by atoms with Crippen molar-refractivity contribution in [2.45, 2.75) is 30.0 Å². The maximum Gasteiger partial charge on any atom is 0.416 e. The van der Waals surface area contributed by atoms with E-state index in [2.05, 4.69) is 5.32 Å². The summed E-state index contributed by atoms with van der Waals surface area (Å²) in [5.41, 5.74) is -1.43. The number of carboxylic acids is 1. The first-order valence-electron chi connectivity index (χ1n) is 11.7. The van der Waals surface area contributed by atoms with Gasteiger partial charge in [0.05, 0.1) is 22.7 Å². The van der Waals surface area contributed by atoms with Gasteiger partial charge in [-0.3, -0.25) is 13.9 Å². The molecule has 1 aliphatic heterocycles. The van der Waals surface area contributed by atoms with Crippen LogP contribution in [-0.2, 0) is 25.8 Å². The van der Waals surface area contributed by atoms with E-state index in [1.807, 2.05) is 0 Å². The van der Waals surface area contributed by atoms with Crippen LogP contribution in [0.25, 0.3) is 11.1 Å². The number of halogens is 5. The van der Waals surface area contributed by atoms with Gasteiger partial charge in [-0.15, -0.1) is 0 Å². The molecule has 1 aliphatic rings. The monoisotopic (exact) mass is 584 g/mol. The highest BCUT2D eigenvalue weighted by Crippen LogP contribution is 2.41. The van der Waals surface area contributed by atoms with Gasteiger partial charge in [0.1, 0.15) is 18.4 Å². The number of benzene rings is 3. The van der Waals surface area contributed by atoms with E-state index in [9.17, 15) is 40.0 Å². The summed E-state index contributed by atoms with van der Waals surface area (Å²) < 4.78 is 102. The topological polar surface area (TPSA) is 113 Å². The van der Waals surface area contributed by atoms with Crippen LogP contribution in [0, 0.1) is 11.6 Å². The Balaban J connectivity index is 1.74.